The van der Waals surface area contributed by atoms with Gasteiger partial charge in [-0.05, 0) is 68.5 Å². The third kappa shape index (κ3) is 7.55. The quantitative estimate of drug-likeness (QED) is 0.342. The van der Waals surface area contributed by atoms with Crippen LogP contribution in [0.25, 0.3) is 6.08 Å². The average Bonchev–Trinajstić information content (AvgIpc) is 2.90. The Hall–Kier alpha value is -3.92. The molecule has 1 aliphatic carbocycles. The molecule has 1 saturated carbocycles. The maximum absolute atomic E-state index is 12.7. The summed E-state index contributed by atoms with van der Waals surface area (Å²) in [4.78, 5) is 20.6. The minimum absolute atomic E-state index is 0.0124. The molecule has 1 unspecified atom stereocenters. The molecular formula is C28H29F3N4O3. The Labute approximate surface area is 218 Å². The number of alkyl halides is 3. The van der Waals surface area contributed by atoms with Crippen LogP contribution in [0, 0.1) is 0 Å². The van der Waals surface area contributed by atoms with Gasteiger partial charge in [-0.15, -0.1) is 0 Å². The first kappa shape index (κ1) is 27.1. The van der Waals surface area contributed by atoms with Gasteiger partial charge >= 0.3 is 6.18 Å². The van der Waals surface area contributed by atoms with Crippen molar-refractivity contribution in [1.82, 2.24) is 15.3 Å². The molecule has 7 nitrogen and oxygen atoms in total. The molecule has 2 heterocycles. The van der Waals surface area contributed by atoms with Crippen molar-refractivity contribution in [2.45, 2.75) is 50.9 Å². The van der Waals surface area contributed by atoms with Gasteiger partial charge in [0.05, 0.1) is 17.7 Å². The lowest BCUT2D eigenvalue weighted by Gasteiger charge is -2.25. The summed E-state index contributed by atoms with van der Waals surface area (Å²) >= 11 is 0. The van der Waals surface area contributed by atoms with Crippen molar-refractivity contribution in [3.05, 3.63) is 83.2 Å². The molecule has 1 atom stereocenters. The van der Waals surface area contributed by atoms with Gasteiger partial charge in [-0.2, -0.15) is 13.2 Å². The second-order valence-electron chi connectivity index (χ2n) is 9.27. The summed E-state index contributed by atoms with van der Waals surface area (Å²) in [5.74, 6) is 0.993. The second kappa shape index (κ2) is 12.1. The summed E-state index contributed by atoms with van der Waals surface area (Å²) in [6.07, 6.45) is 3.18. The van der Waals surface area contributed by atoms with E-state index in [4.69, 9.17) is 9.84 Å². The molecule has 10 heteroatoms. The number of carbonyl (C=O) groups excluding carboxylic acids is 1. The van der Waals surface area contributed by atoms with Crippen molar-refractivity contribution in [1.29, 1.82) is 0 Å². The Morgan fingerprint density at radius 2 is 1.92 bits per heavy atom. The van der Waals surface area contributed by atoms with Gasteiger partial charge in [0.25, 0.3) is 5.91 Å². The van der Waals surface area contributed by atoms with Crippen LogP contribution in [0.4, 0.5) is 19.0 Å². The van der Waals surface area contributed by atoms with E-state index in [1.165, 1.54) is 17.8 Å². The van der Waals surface area contributed by atoms with Crippen molar-refractivity contribution in [2.75, 3.05) is 11.9 Å². The van der Waals surface area contributed by atoms with Crippen molar-refractivity contribution in [3.63, 3.8) is 0 Å². The number of benzene rings is 1. The molecule has 0 radical (unpaired) electrons. The number of hydrogen-bond acceptors (Lipinski definition) is 6. The third-order valence-electron chi connectivity index (χ3n) is 6.17. The van der Waals surface area contributed by atoms with Crippen molar-refractivity contribution in [3.8, 4) is 11.6 Å². The normalized spacial score (nSPS) is 16.4. The number of pyridine rings is 2. The molecule has 1 amide bonds. The number of aliphatic hydroxyl groups is 1. The lowest BCUT2D eigenvalue weighted by molar-refractivity contribution is -0.137. The molecule has 38 heavy (non-hydrogen) atoms. The zero-order chi connectivity index (χ0) is 27.1. The number of carbonyl (C=O) groups is 1. The Balaban J connectivity index is 1.29. The summed E-state index contributed by atoms with van der Waals surface area (Å²) in [5.41, 5.74) is 1.82. The van der Waals surface area contributed by atoms with E-state index < -0.39 is 11.7 Å². The molecular weight excluding hydrogens is 497 g/mol. The maximum atomic E-state index is 12.7. The molecule has 1 aromatic carbocycles. The molecule has 0 aliphatic heterocycles. The second-order valence-corrected chi connectivity index (χ2v) is 9.27. The van der Waals surface area contributed by atoms with Gasteiger partial charge < -0.3 is 20.5 Å². The van der Waals surface area contributed by atoms with E-state index >= 15 is 0 Å². The summed E-state index contributed by atoms with van der Waals surface area (Å²) in [7, 11) is 0. The lowest BCUT2D eigenvalue weighted by Crippen LogP contribution is -2.36. The number of hydrogen-bond donors (Lipinski definition) is 3. The standard InChI is InChI=1S/C28H29F3N4O3/c1-18(17-36)34-25-11-7-21(15-32-25)27(37)35-23-9-5-19(6-10-23)13-20-3-2-4-24(14-20)38-26-12-8-22(16-33-26)28(29,30)31/h2-4,7-8,11-16,18,23,36H,5-6,9-10,17H2,1H3,(H,32,34)(H,35,37). The van der Waals surface area contributed by atoms with E-state index in [0.29, 0.717) is 17.1 Å². The predicted octanol–water partition coefficient (Wildman–Crippen LogP) is 5.84. The Morgan fingerprint density at radius 3 is 2.55 bits per heavy atom. The van der Waals surface area contributed by atoms with Gasteiger partial charge in [-0.3, -0.25) is 4.79 Å². The zero-order valence-corrected chi connectivity index (χ0v) is 20.8. The average molecular weight is 527 g/mol. The van der Waals surface area contributed by atoms with Crippen LogP contribution in [0.2, 0.25) is 0 Å². The van der Waals surface area contributed by atoms with E-state index in [-0.39, 0.29) is 30.5 Å². The van der Waals surface area contributed by atoms with E-state index in [2.05, 4.69) is 26.7 Å². The number of nitrogens with zero attached hydrogens (tertiary/aromatic N) is 2. The first-order valence-corrected chi connectivity index (χ1v) is 12.3. The zero-order valence-electron chi connectivity index (χ0n) is 20.8. The molecule has 1 fully saturated rings. The lowest BCUT2D eigenvalue weighted by atomic mass is 9.89. The molecule has 1 aliphatic rings. The van der Waals surface area contributed by atoms with Gasteiger partial charge in [-0.1, -0.05) is 23.8 Å². The number of amides is 1. The van der Waals surface area contributed by atoms with Crippen LogP contribution in [0.15, 0.2) is 66.5 Å². The fourth-order valence-corrected chi connectivity index (χ4v) is 4.09. The SMILES string of the molecule is CC(CO)Nc1ccc(C(=O)NC2CCC(=Cc3cccc(Oc4ccc(C(F)(F)F)cn4)c3)CC2)cn1. The third-order valence-corrected chi connectivity index (χ3v) is 6.17. The van der Waals surface area contributed by atoms with Crippen molar-refractivity contribution < 1.29 is 27.8 Å². The fraction of sp³-hybridized carbons (Fsp3) is 0.321. The summed E-state index contributed by atoms with van der Waals surface area (Å²) < 4.78 is 43.8. The largest absolute Gasteiger partial charge is 0.439 e. The predicted molar refractivity (Wildman–Crippen MR) is 138 cm³/mol. The Bertz CT molecular complexity index is 1250. The van der Waals surface area contributed by atoms with E-state index in [1.807, 2.05) is 25.1 Å². The van der Waals surface area contributed by atoms with Crippen LogP contribution in [0.5, 0.6) is 11.6 Å². The molecule has 0 spiro atoms. The number of aromatic nitrogens is 2. The highest BCUT2D eigenvalue weighted by Gasteiger charge is 2.30. The minimum atomic E-state index is -4.44. The van der Waals surface area contributed by atoms with E-state index in [9.17, 15) is 18.0 Å². The number of ether oxygens (including phenoxy) is 1. The van der Waals surface area contributed by atoms with Crippen molar-refractivity contribution >= 4 is 17.8 Å². The van der Waals surface area contributed by atoms with Crippen LogP contribution in [-0.4, -0.2) is 39.7 Å². The van der Waals surface area contributed by atoms with Gasteiger partial charge in [0.15, 0.2) is 0 Å². The number of nitrogens with one attached hydrogen (secondary N) is 2. The Morgan fingerprint density at radius 1 is 1.13 bits per heavy atom. The molecule has 3 N–H and O–H groups in total. The van der Waals surface area contributed by atoms with Gasteiger partial charge in [0.2, 0.25) is 5.88 Å². The van der Waals surface area contributed by atoms with Gasteiger partial charge in [-0.25, -0.2) is 9.97 Å². The number of allylic oxidation sites excluding steroid dienone is 1. The number of aliphatic hydroxyl groups excluding tert-OH is 1. The van der Waals surface area contributed by atoms with E-state index in [1.54, 1.807) is 18.2 Å². The number of halogens is 3. The van der Waals surface area contributed by atoms with Crippen molar-refractivity contribution in [2.24, 2.45) is 0 Å². The van der Waals surface area contributed by atoms with Gasteiger partial charge in [0.1, 0.15) is 11.6 Å². The molecule has 200 valence electrons. The molecule has 2 aromatic heterocycles. The van der Waals surface area contributed by atoms with Gasteiger partial charge in [0, 0.05) is 30.5 Å². The van der Waals surface area contributed by atoms with Crippen LogP contribution < -0.4 is 15.4 Å². The minimum Gasteiger partial charge on any atom is -0.439 e. The van der Waals surface area contributed by atoms with E-state index in [0.717, 1.165) is 43.5 Å². The maximum Gasteiger partial charge on any atom is 0.417 e. The van der Waals surface area contributed by atoms with Crippen LogP contribution in [0.3, 0.4) is 0 Å². The molecule has 3 aromatic rings. The number of anilines is 1. The highest BCUT2D eigenvalue weighted by molar-refractivity contribution is 5.94. The summed E-state index contributed by atoms with van der Waals surface area (Å²) in [6, 6.07) is 12.8. The summed E-state index contributed by atoms with van der Waals surface area (Å²) in [5, 5.41) is 15.2. The molecule has 0 saturated heterocycles. The smallest absolute Gasteiger partial charge is 0.417 e. The topological polar surface area (TPSA) is 96.4 Å². The first-order valence-electron chi connectivity index (χ1n) is 12.3. The molecule has 4 rings (SSSR count). The number of rotatable bonds is 8. The molecule has 0 bridgehead atoms. The first-order chi connectivity index (χ1) is 18.2. The highest BCUT2D eigenvalue weighted by atomic mass is 19.4. The summed E-state index contributed by atoms with van der Waals surface area (Å²) in [6.45, 7) is 1.82. The van der Waals surface area contributed by atoms with Crippen LogP contribution >= 0.6 is 0 Å². The highest BCUT2D eigenvalue weighted by Crippen LogP contribution is 2.31. The van der Waals surface area contributed by atoms with Crippen LogP contribution in [-0.2, 0) is 6.18 Å². The Kier molecular flexibility index (Phi) is 8.62. The van der Waals surface area contributed by atoms with Crippen LogP contribution in [0.1, 0.15) is 54.1 Å². The fourth-order valence-electron chi connectivity index (χ4n) is 4.09. The monoisotopic (exact) mass is 526 g/mol.